The van der Waals surface area contributed by atoms with Crippen molar-refractivity contribution in [3.05, 3.63) is 60.2 Å². The zero-order chi connectivity index (χ0) is 20.3. The third kappa shape index (κ3) is 2.65. The Morgan fingerprint density at radius 2 is 1.22 bits per heavy atom. The molecule has 1 aliphatic rings. The molecule has 0 saturated carbocycles. The molecular formula is C19H18F6GeO. The summed E-state index contributed by atoms with van der Waals surface area (Å²) in [7, 11) is 0. The number of halogens is 6. The first kappa shape index (κ1) is 20.3. The molecule has 1 heterocycles. The molecular weight excluding hydrogens is 431 g/mol. The van der Waals surface area contributed by atoms with Gasteiger partial charge in [-0.15, -0.1) is 0 Å². The summed E-state index contributed by atoms with van der Waals surface area (Å²) in [5.74, 6) is 0. The van der Waals surface area contributed by atoms with Crippen LogP contribution in [0.4, 0.5) is 26.3 Å². The van der Waals surface area contributed by atoms with Crippen molar-refractivity contribution in [1.82, 2.24) is 0 Å². The molecule has 1 atom stereocenters. The fourth-order valence-electron chi connectivity index (χ4n) is 3.90. The van der Waals surface area contributed by atoms with Crippen LogP contribution >= 0.6 is 0 Å². The quantitative estimate of drug-likeness (QED) is 0.445. The van der Waals surface area contributed by atoms with Gasteiger partial charge in [-0.3, -0.25) is 0 Å². The minimum absolute atomic E-state index is 0.0610. The van der Waals surface area contributed by atoms with Crippen molar-refractivity contribution < 1.29 is 30.1 Å². The summed E-state index contributed by atoms with van der Waals surface area (Å²) in [5, 5.41) is 0. The van der Waals surface area contributed by atoms with E-state index in [1.807, 2.05) is 0 Å². The summed E-state index contributed by atoms with van der Waals surface area (Å²) in [6.45, 7) is 4.96. The van der Waals surface area contributed by atoms with Gasteiger partial charge in [0.2, 0.25) is 0 Å². The Balaban J connectivity index is 2.48. The van der Waals surface area contributed by atoms with Gasteiger partial charge >= 0.3 is 156 Å². The number of fused-ring (bicyclic) bond motifs is 1. The summed E-state index contributed by atoms with van der Waals surface area (Å²) >= 11 is -4.62. The van der Waals surface area contributed by atoms with Crippen LogP contribution in [-0.4, -0.2) is 26.0 Å². The zero-order valence-corrected chi connectivity index (χ0v) is 17.0. The van der Waals surface area contributed by atoms with E-state index in [2.05, 4.69) is 0 Å². The SMILES string of the molecule is C[C](C)(C)[Ge]1([c]2ccccc2)[O]C(C(F)(F)F)(C(F)(F)F)c2cccc[c]21. The molecule has 1 nitrogen and oxygen atoms in total. The zero-order valence-electron chi connectivity index (χ0n) is 14.9. The fraction of sp³-hybridized carbons (Fsp3) is 0.368. The van der Waals surface area contributed by atoms with Crippen LogP contribution in [-0.2, 0) is 9.36 Å². The Kier molecular flexibility index (Phi) is 4.51. The van der Waals surface area contributed by atoms with Gasteiger partial charge in [0.25, 0.3) is 0 Å². The van der Waals surface area contributed by atoms with E-state index in [-0.39, 0.29) is 4.40 Å². The average Bonchev–Trinajstić information content (AvgIpc) is 2.89. The van der Waals surface area contributed by atoms with E-state index in [9.17, 15) is 26.3 Å². The molecule has 0 spiro atoms. The van der Waals surface area contributed by atoms with Crippen molar-refractivity contribution in [3.8, 4) is 0 Å². The van der Waals surface area contributed by atoms with Gasteiger partial charge < -0.3 is 0 Å². The van der Waals surface area contributed by atoms with Crippen molar-refractivity contribution in [3.63, 3.8) is 0 Å². The van der Waals surface area contributed by atoms with E-state index in [0.717, 1.165) is 6.07 Å². The Labute approximate surface area is 156 Å². The molecule has 0 N–H and O–H groups in total. The first-order valence-electron chi connectivity index (χ1n) is 8.28. The molecule has 2 aromatic carbocycles. The van der Waals surface area contributed by atoms with Crippen LogP contribution in [0.25, 0.3) is 0 Å². The number of hydrogen-bond donors (Lipinski definition) is 0. The second-order valence-electron chi connectivity index (χ2n) is 7.62. The molecule has 1 aliphatic heterocycles. The molecule has 3 rings (SSSR count). The Bertz CT molecular complexity index is 824. The van der Waals surface area contributed by atoms with Crippen molar-refractivity contribution in [2.75, 3.05) is 0 Å². The molecule has 1 unspecified atom stereocenters. The van der Waals surface area contributed by atoms with Crippen molar-refractivity contribution in [2.24, 2.45) is 0 Å². The van der Waals surface area contributed by atoms with E-state index in [1.165, 1.54) is 18.2 Å². The van der Waals surface area contributed by atoms with Gasteiger partial charge in [0.1, 0.15) is 0 Å². The number of rotatable bonds is 1. The maximum absolute atomic E-state index is 14.0. The van der Waals surface area contributed by atoms with Crippen LogP contribution in [0.2, 0.25) is 4.25 Å². The molecule has 27 heavy (non-hydrogen) atoms. The normalized spacial score (nSPS) is 22.6. The monoisotopic (exact) mass is 450 g/mol. The molecule has 146 valence electrons. The van der Waals surface area contributed by atoms with Crippen LogP contribution in [0.1, 0.15) is 26.3 Å². The van der Waals surface area contributed by atoms with Gasteiger partial charge in [-0.05, 0) is 0 Å². The van der Waals surface area contributed by atoms with Crippen LogP contribution in [0.5, 0.6) is 0 Å². The number of hydrogen-bond acceptors (Lipinski definition) is 1. The van der Waals surface area contributed by atoms with Crippen molar-refractivity contribution in [2.45, 2.75) is 43.0 Å². The first-order valence-corrected chi connectivity index (χ1v) is 12.3. The second kappa shape index (κ2) is 6.01. The topological polar surface area (TPSA) is 9.23 Å². The van der Waals surface area contributed by atoms with E-state index in [0.29, 0.717) is 4.40 Å². The molecule has 0 radical (unpaired) electrons. The maximum atomic E-state index is 14.0. The summed E-state index contributed by atoms with van der Waals surface area (Å²) in [5.41, 5.74) is -5.15. The third-order valence-electron chi connectivity index (χ3n) is 5.03. The second-order valence-corrected chi connectivity index (χ2v) is 16.4. The average molecular weight is 449 g/mol. The molecule has 2 aromatic rings. The van der Waals surface area contributed by atoms with Gasteiger partial charge in [-0.2, -0.15) is 0 Å². The molecule has 8 heteroatoms. The van der Waals surface area contributed by atoms with Crippen LogP contribution < -0.4 is 8.79 Å². The number of benzene rings is 2. The molecule has 0 fully saturated rings. The predicted molar refractivity (Wildman–Crippen MR) is 92.5 cm³/mol. The van der Waals surface area contributed by atoms with Gasteiger partial charge in [-0.25, -0.2) is 0 Å². The molecule has 0 bridgehead atoms. The third-order valence-corrected chi connectivity index (χ3v) is 15.7. The minimum atomic E-state index is -5.64. The predicted octanol–water partition coefficient (Wildman–Crippen LogP) is 4.90. The Morgan fingerprint density at radius 1 is 0.741 bits per heavy atom. The fourth-order valence-corrected chi connectivity index (χ4v) is 14.3. The summed E-state index contributed by atoms with van der Waals surface area (Å²) in [6.07, 6.45) is -11.3. The molecule has 0 aromatic heterocycles. The van der Waals surface area contributed by atoms with Crippen molar-refractivity contribution in [1.29, 1.82) is 0 Å². The van der Waals surface area contributed by atoms with E-state index in [4.69, 9.17) is 3.76 Å². The Morgan fingerprint density at radius 3 is 1.70 bits per heavy atom. The van der Waals surface area contributed by atoms with Crippen LogP contribution in [0, 0.1) is 0 Å². The number of alkyl halides is 6. The van der Waals surface area contributed by atoms with Gasteiger partial charge in [0, 0.05) is 0 Å². The van der Waals surface area contributed by atoms with E-state index >= 15 is 0 Å². The Hall–Kier alpha value is -1.48. The first-order chi connectivity index (χ1) is 12.3. The molecule has 0 amide bonds. The summed E-state index contributed by atoms with van der Waals surface area (Å²) < 4.78 is 89.1. The molecule has 0 aliphatic carbocycles. The standard InChI is InChI=1S/C19H18F6GeO/c1-16(2,3)26(13-9-5-4-6-10-13)15-12-8-7-11-14(15)17(27-26,18(20,21)22)19(23,24)25/h4-12H,1-3H3. The van der Waals surface area contributed by atoms with E-state index in [1.54, 1.807) is 51.1 Å². The molecule has 0 saturated heterocycles. The van der Waals surface area contributed by atoms with Gasteiger partial charge in [0.05, 0.1) is 0 Å². The van der Waals surface area contributed by atoms with Crippen molar-refractivity contribution >= 4 is 22.4 Å². The summed E-state index contributed by atoms with van der Waals surface area (Å²) in [6, 6.07) is 13.0. The van der Waals surface area contributed by atoms with Gasteiger partial charge in [-0.1, -0.05) is 0 Å². The van der Waals surface area contributed by atoms with Gasteiger partial charge in [0.15, 0.2) is 0 Å². The van der Waals surface area contributed by atoms with Crippen LogP contribution in [0.15, 0.2) is 54.6 Å². The van der Waals surface area contributed by atoms with E-state index < -0.39 is 41.4 Å². The van der Waals surface area contributed by atoms with Crippen LogP contribution in [0.3, 0.4) is 0 Å². The summed E-state index contributed by atoms with van der Waals surface area (Å²) in [4.78, 5) is 0.